The molecule has 130 valence electrons. The molecule has 1 aromatic heterocycles. The van der Waals surface area contributed by atoms with Gasteiger partial charge in [-0.05, 0) is 42.9 Å². The maximum Gasteiger partial charge on any atom is 0.279 e. The lowest BCUT2D eigenvalue weighted by molar-refractivity contribution is -0.112. The summed E-state index contributed by atoms with van der Waals surface area (Å²) >= 11 is 10.1. The van der Waals surface area contributed by atoms with Gasteiger partial charge in [0.25, 0.3) is 5.91 Å². The number of fused-ring (bicyclic) bond motifs is 1. The van der Waals surface area contributed by atoms with Gasteiger partial charge >= 0.3 is 0 Å². The molecular weight excluding hydrogens is 432 g/mol. The average molecular weight is 445 g/mol. The zero-order valence-electron chi connectivity index (χ0n) is 13.6. The van der Waals surface area contributed by atoms with E-state index in [-0.39, 0.29) is 17.8 Å². The summed E-state index contributed by atoms with van der Waals surface area (Å²) in [5, 5.41) is 12.2. The maximum atomic E-state index is 12.5. The number of hydrogen-bond donors (Lipinski definition) is 1. The van der Waals surface area contributed by atoms with Gasteiger partial charge in [0.05, 0.1) is 17.0 Å². The maximum absolute atomic E-state index is 12.5. The van der Waals surface area contributed by atoms with E-state index >= 15 is 0 Å². The molecule has 7 heteroatoms. The topological polar surface area (TPSA) is 54.6 Å². The van der Waals surface area contributed by atoms with Crippen molar-refractivity contribution in [1.29, 1.82) is 0 Å². The summed E-state index contributed by atoms with van der Waals surface area (Å²) in [6.07, 6.45) is 0. The van der Waals surface area contributed by atoms with Crippen molar-refractivity contribution in [3.05, 3.63) is 78.0 Å². The highest BCUT2D eigenvalue weighted by Crippen LogP contribution is 2.36. The molecule has 0 aliphatic carbocycles. The lowest BCUT2D eigenvalue weighted by Gasteiger charge is -2.15. The molecule has 0 spiro atoms. The number of halogens is 1. The fraction of sp³-hybridized carbons (Fsp3) is 0.105. The second-order valence-corrected chi connectivity index (χ2v) is 8.49. The third-order valence-electron chi connectivity index (χ3n) is 4.38. The molecular formula is C19H13BrN2O2S2. The van der Waals surface area contributed by atoms with Gasteiger partial charge in [0, 0.05) is 9.69 Å². The van der Waals surface area contributed by atoms with Gasteiger partial charge in [-0.2, -0.15) is 0 Å². The Morgan fingerprint density at radius 2 is 1.96 bits per heavy atom. The Kier molecular flexibility index (Phi) is 4.38. The van der Waals surface area contributed by atoms with E-state index < -0.39 is 0 Å². The Morgan fingerprint density at radius 3 is 2.69 bits per heavy atom. The van der Waals surface area contributed by atoms with Gasteiger partial charge in [0.2, 0.25) is 5.88 Å². The Balaban J connectivity index is 1.94. The summed E-state index contributed by atoms with van der Waals surface area (Å²) in [6, 6.07) is 15.1. The minimum absolute atomic E-state index is 0.00253. The van der Waals surface area contributed by atoms with Crippen LogP contribution in [0.4, 0.5) is 0 Å². The molecule has 0 saturated carbocycles. The van der Waals surface area contributed by atoms with Crippen LogP contribution in [0.2, 0.25) is 0 Å². The summed E-state index contributed by atoms with van der Waals surface area (Å²) in [7, 11) is 0. The van der Waals surface area contributed by atoms with Crippen LogP contribution in [0.1, 0.15) is 23.4 Å². The number of rotatable bonds is 3. The van der Waals surface area contributed by atoms with Crippen LogP contribution < -0.4 is 10.6 Å². The largest absolute Gasteiger partial charge is 0.493 e. The van der Waals surface area contributed by atoms with Crippen molar-refractivity contribution in [3.8, 4) is 5.88 Å². The Hall–Kier alpha value is -2.09. The average Bonchev–Trinajstić information content (AvgIpc) is 3.10. The van der Waals surface area contributed by atoms with Crippen LogP contribution in [-0.4, -0.2) is 15.6 Å². The molecule has 0 saturated heterocycles. The van der Waals surface area contributed by atoms with Crippen molar-refractivity contribution in [2.24, 2.45) is 4.99 Å². The van der Waals surface area contributed by atoms with Crippen molar-refractivity contribution in [2.45, 2.75) is 13.0 Å². The molecule has 2 heterocycles. The van der Waals surface area contributed by atoms with Gasteiger partial charge in [0.1, 0.15) is 4.88 Å². The molecule has 1 aliphatic rings. The molecule has 26 heavy (non-hydrogen) atoms. The molecule has 2 aromatic carbocycles. The smallest absolute Gasteiger partial charge is 0.279 e. The lowest BCUT2D eigenvalue weighted by Crippen LogP contribution is -2.22. The highest BCUT2D eigenvalue weighted by molar-refractivity contribution is 9.10. The minimum Gasteiger partial charge on any atom is -0.493 e. The van der Waals surface area contributed by atoms with Gasteiger partial charge in [-0.25, -0.2) is 4.99 Å². The molecule has 3 aromatic rings. The van der Waals surface area contributed by atoms with E-state index in [9.17, 15) is 9.90 Å². The van der Waals surface area contributed by atoms with Gasteiger partial charge in [-0.1, -0.05) is 46.3 Å². The first-order valence-electron chi connectivity index (χ1n) is 7.90. The molecule has 1 N–H and O–H groups in total. The quantitative estimate of drug-likeness (QED) is 0.626. The number of nitrogens with zero attached hydrogens (tertiary/aromatic N) is 2. The number of hydrogen-bond acceptors (Lipinski definition) is 4. The van der Waals surface area contributed by atoms with Gasteiger partial charge in [0.15, 0.2) is 3.95 Å². The summed E-state index contributed by atoms with van der Waals surface area (Å²) in [5.41, 5.74) is 1.42. The lowest BCUT2D eigenvalue weighted by atomic mass is 10.1. The van der Waals surface area contributed by atoms with E-state index in [4.69, 9.17) is 12.2 Å². The number of carbonyl (C=O) groups is 1. The zero-order chi connectivity index (χ0) is 18.4. The van der Waals surface area contributed by atoms with E-state index in [1.807, 2.05) is 49.4 Å². The normalized spacial score (nSPS) is 14.2. The molecule has 1 atom stereocenters. The number of aromatic hydroxyl groups is 1. The predicted molar refractivity (Wildman–Crippen MR) is 108 cm³/mol. The molecule has 0 unspecified atom stereocenters. The molecule has 0 bridgehead atoms. The van der Waals surface area contributed by atoms with Crippen molar-refractivity contribution in [3.63, 3.8) is 0 Å². The number of aromatic nitrogens is 1. The van der Waals surface area contributed by atoms with Crippen LogP contribution in [-0.2, 0) is 4.79 Å². The summed E-state index contributed by atoms with van der Waals surface area (Å²) in [6.45, 7) is 1.97. The fourth-order valence-electron chi connectivity index (χ4n) is 3.07. The third kappa shape index (κ3) is 2.76. The molecule has 0 fully saturated rings. The van der Waals surface area contributed by atoms with Gasteiger partial charge in [-0.3, -0.25) is 9.36 Å². The fourth-order valence-corrected chi connectivity index (χ4v) is 4.93. The first-order chi connectivity index (χ1) is 12.5. The standard InChI is InChI=1S/C19H13BrN2O2S2/c1-10(11-5-3-2-4-6-11)22-18(24)16(26-19(22)25)15-13-9-12(20)7-8-14(13)21-17(15)23/h2-10,24H,1H3/t10-/m1/s1. The zero-order valence-corrected chi connectivity index (χ0v) is 16.9. The van der Waals surface area contributed by atoms with Crippen LogP contribution in [0.3, 0.4) is 0 Å². The van der Waals surface area contributed by atoms with Gasteiger partial charge in [-0.15, -0.1) is 11.3 Å². The third-order valence-corrected chi connectivity index (χ3v) is 6.28. The highest BCUT2D eigenvalue weighted by atomic mass is 79.9. The highest BCUT2D eigenvalue weighted by Gasteiger charge is 2.27. The van der Waals surface area contributed by atoms with Crippen LogP contribution in [0.25, 0.3) is 5.57 Å². The van der Waals surface area contributed by atoms with E-state index in [0.717, 1.165) is 10.0 Å². The van der Waals surface area contributed by atoms with Crippen LogP contribution >= 0.6 is 39.5 Å². The number of carbonyl (C=O) groups excluding carboxylic acids is 1. The summed E-state index contributed by atoms with van der Waals surface area (Å²) < 4.78 is 3.04. The van der Waals surface area contributed by atoms with Crippen molar-refractivity contribution in [1.82, 2.24) is 4.57 Å². The van der Waals surface area contributed by atoms with E-state index in [1.165, 1.54) is 11.3 Å². The van der Waals surface area contributed by atoms with Crippen molar-refractivity contribution in [2.75, 3.05) is 0 Å². The van der Waals surface area contributed by atoms with E-state index in [1.54, 1.807) is 10.6 Å². The Morgan fingerprint density at radius 1 is 1.23 bits per heavy atom. The van der Waals surface area contributed by atoms with Crippen LogP contribution in [0.5, 0.6) is 5.88 Å². The van der Waals surface area contributed by atoms with Crippen molar-refractivity contribution >= 4 is 51.0 Å². The summed E-state index contributed by atoms with van der Waals surface area (Å²) in [4.78, 5) is 17.0. The van der Waals surface area contributed by atoms with E-state index in [2.05, 4.69) is 20.9 Å². The van der Waals surface area contributed by atoms with Gasteiger partial charge < -0.3 is 5.11 Å². The molecule has 4 nitrogen and oxygen atoms in total. The number of amides is 1. The Labute approximate surface area is 166 Å². The SMILES string of the molecule is C[C@H](c1ccccc1)n1c(O)c(C2=c3cc(Br)ccc3=NC2=O)sc1=S. The summed E-state index contributed by atoms with van der Waals surface area (Å²) in [5.74, 6) is -0.355. The van der Waals surface area contributed by atoms with Crippen LogP contribution in [0.15, 0.2) is 58.0 Å². The number of thiazole rings is 1. The van der Waals surface area contributed by atoms with Crippen molar-refractivity contribution < 1.29 is 9.90 Å². The first kappa shape index (κ1) is 17.3. The first-order valence-corrected chi connectivity index (χ1v) is 9.91. The second kappa shape index (κ2) is 6.57. The molecule has 4 rings (SSSR count). The Bertz CT molecular complexity index is 1210. The monoisotopic (exact) mass is 444 g/mol. The van der Waals surface area contributed by atoms with Crippen LogP contribution in [0, 0.1) is 3.95 Å². The second-order valence-electron chi connectivity index (χ2n) is 5.93. The minimum atomic E-state index is -0.357. The molecule has 1 aliphatic heterocycles. The molecule has 0 radical (unpaired) electrons. The number of benzene rings is 2. The van der Waals surface area contributed by atoms with E-state index in [0.29, 0.717) is 25.0 Å². The predicted octanol–water partition coefficient (Wildman–Crippen LogP) is 3.72. The molecule has 1 amide bonds.